The summed E-state index contributed by atoms with van der Waals surface area (Å²) >= 11 is 0. The first-order valence-electron chi connectivity index (χ1n) is 14.6. The van der Waals surface area contributed by atoms with E-state index in [0.29, 0.717) is 5.44 Å². The highest BCUT2D eigenvalue weighted by Gasteiger charge is 2.35. The van der Waals surface area contributed by atoms with Crippen LogP contribution < -0.4 is 26.3 Å². The van der Waals surface area contributed by atoms with Crippen LogP contribution in [0.3, 0.4) is 0 Å². The average Bonchev–Trinajstić information content (AvgIpc) is 3.51. The van der Waals surface area contributed by atoms with Crippen LogP contribution in [0.15, 0.2) is 127 Å². The Labute approximate surface area is 251 Å². The topological polar surface area (TPSA) is 61.4 Å². The molecule has 0 fully saturated rings. The molecular weight excluding hydrogens is 549 g/mol. The number of anilines is 3. The maximum Gasteiger partial charge on any atom is 0.188 e. The van der Waals surface area contributed by atoms with Crippen molar-refractivity contribution in [2.45, 2.75) is 6.42 Å². The molecule has 8 rings (SSSR count). The van der Waals surface area contributed by atoms with Crippen molar-refractivity contribution in [2.75, 3.05) is 30.4 Å². The third kappa shape index (κ3) is 4.05. The fraction of sp³-hybridized carbons (Fsp3) is 0.111. The molecule has 0 aliphatic carbocycles. The van der Waals surface area contributed by atoms with Crippen LogP contribution in [0.4, 0.5) is 17.2 Å². The highest BCUT2D eigenvalue weighted by atomic mass is 31.2. The van der Waals surface area contributed by atoms with Crippen LogP contribution in [0.25, 0.3) is 16.7 Å². The lowest BCUT2D eigenvalue weighted by molar-refractivity contribution is 0.510. The molecule has 1 N–H and O–H groups in total. The van der Waals surface area contributed by atoms with E-state index in [2.05, 4.69) is 57.6 Å². The SMILES string of the molecule is CN1C=CC2=C(C1)c1c(ccc3c1NCC3)-c1cnccc1N2c1cccc(P(=O)(c2ccccc2)c2ccccc2)n1. The van der Waals surface area contributed by atoms with Crippen LogP contribution in [-0.2, 0) is 11.0 Å². The fourth-order valence-electron chi connectivity index (χ4n) is 6.58. The Hall–Kier alpha value is -4.93. The molecule has 0 bridgehead atoms. The third-order valence-corrected chi connectivity index (χ3v) is 11.5. The molecule has 0 spiro atoms. The second kappa shape index (κ2) is 10.1. The van der Waals surface area contributed by atoms with E-state index < -0.39 is 7.14 Å². The fourth-order valence-corrected chi connectivity index (χ4v) is 9.13. The first kappa shape index (κ1) is 25.8. The molecule has 3 aromatic carbocycles. The molecule has 0 saturated carbocycles. The van der Waals surface area contributed by atoms with E-state index in [1.54, 1.807) is 0 Å². The number of hydrogen-bond acceptors (Lipinski definition) is 6. The second-order valence-electron chi connectivity index (χ2n) is 11.2. The van der Waals surface area contributed by atoms with Crippen LogP contribution in [0.1, 0.15) is 11.1 Å². The zero-order chi connectivity index (χ0) is 29.0. The molecular formula is C36H30N5OP. The summed E-state index contributed by atoms with van der Waals surface area (Å²) in [6.45, 7) is 1.68. The number of nitrogens with one attached hydrogen (secondary N) is 1. The van der Waals surface area contributed by atoms with Gasteiger partial charge in [0.25, 0.3) is 0 Å². The minimum Gasteiger partial charge on any atom is -0.384 e. The van der Waals surface area contributed by atoms with E-state index in [4.69, 9.17) is 4.98 Å². The van der Waals surface area contributed by atoms with Gasteiger partial charge in [0.2, 0.25) is 0 Å². The van der Waals surface area contributed by atoms with Gasteiger partial charge in [-0.3, -0.25) is 9.88 Å². The number of fused-ring (bicyclic) bond motifs is 6. The molecule has 3 aliphatic rings. The third-order valence-electron chi connectivity index (χ3n) is 8.57. The molecule has 43 heavy (non-hydrogen) atoms. The number of hydrogen-bond donors (Lipinski definition) is 1. The van der Waals surface area contributed by atoms with E-state index in [1.165, 1.54) is 22.4 Å². The van der Waals surface area contributed by atoms with E-state index in [0.717, 1.165) is 58.4 Å². The largest absolute Gasteiger partial charge is 0.384 e. The smallest absolute Gasteiger partial charge is 0.188 e. The lowest BCUT2D eigenvalue weighted by Crippen LogP contribution is -2.29. The summed E-state index contributed by atoms with van der Waals surface area (Å²) in [6, 6.07) is 31.9. The van der Waals surface area contributed by atoms with Gasteiger partial charge < -0.3 is 14.8 Å². The number of benzene rings is 3. The normalized spacial score (nSPS) is 15.3. The van der Waals surface area contributed by atoms with Crippen molar-refractivity contribution < 1.29 is 4.57 Å². The number of likely N-dealkylation sites (N-methyl/N-ethyl adjacent to an activating group) is 1. The Morgan fingerprint density at radius 3 is 2.37 bits per heavy atom. The van der Waals surface area contributed by atoms with Crippen molar-refractivity contribution >= 4 is 46.0 Å². The van der Waals surface area contributed by atoms with Gasteiger partial charge >= 0.3 is 0 Å². The van der Waals surface area contributed by atoms with E-state index in [9.17, 15) is 0 Å². The zero-order valence-corrected chi connectivity index (χ0v) is 24.7. The van der Waals surface area contributed by atoms with E-state index in [-0.39, 0.29) is 0 Å². The minimum atomic E-state index is -3.27. The highest BCUT2D eigenvalue weighted by Crippen LogP contribution is 2.50. The molecule has 0 radical (unpaired) electrons. The summed E-state index contributed by atoms with van der Waals surface area (Å²) < 4.78 is 15.3. The van der Waals surface area contributed by atoms with Crippen LogP contribution in [0, 0.1) is 0 Å². The van der Waals surface area contributed by atoms with Crippen molar-refractivity contribution in [2.24, 2.45) is 0 Å². The van der Waals surface area contributed by atoms with Crippen LogP contribution in [0.5, 0.6) is 0 Å². The van der Waals surface area contributed by atoms with Gasteiger partial charge in [-0.15, -0.1) is 0 Å². The zero-order valence-electron chi connectivity index (χ0n) is 23.8. The molecule has 5 aromatic rings. The van der Waals surface area contributed by atoms with Crippen molar-refractivity contribution in [3.63, 3.8) is 0 Å². The summed E-state index contributed by atoms with van der Waals surface area (Å²) in [5, 5.41) is 5.21. The monoisotopic (exact) mass is 579 g/mol. The first-order valence-corrected chi connectivity index (χ1v) is 16.3. The van der Waals surface area contributed by atoms with E-state index >= 15 is 4.57 Å². The molecule has 5 heterocycles. The van der Waals surface area contributed by atoms with Gasteiger partial charge in [0.15, 0.2) is 7.14 Å². The lowest BCUT2D eigenvalue weighted by Gasteiger charge is -2.31. The summed E-state index contributed by atoms with van der Waals surface area (Å²) in [4.78, 5) is 14.3. The maximum atomic E-state index is 15.3. The summed E-state index contributed by atoms with van der Waals surface area (Å²) in [5.41, 5.74) is 9.82. The van der Waals surface area contributed by atoms with Gasteiger partial charge in [-0.05, 0) is 41.8 Å². The lowest BCUT2D eigenvalue weighted by atomic mass is 9.90. The standard InChI is InChI=1S/C36H30N5OP/c1-40-22-19-32-30(24-40)35-28(16-15-25-17-21-38-36(25)35)29-23-37-20-18-31(29)41(32)33-13-8-14-34(39-33)43(42,26-9-4-2-5-10-26)27-11-6-3-7-12-27/h2-16,18-20,22-23,38H,17,21,24H2,1H3. The molecule has 2 aromatic heterocycles. The van der Waals surface area contributed by atoms with Crippen LogP contribution in [0.2, 0.25) is 0 Å². The van der Waals surface area contributed by atoms with Gasteiger partial charge in [0, 0.05) is 71.7 Å². The van der Waals surface area contributed by atoms with Gasteiger partial charge in [0.1, 0.15) is 11.3 Å². The summed E-state index contributed by atoms with van der Waals surface area (Å²) in [6.07, 6.45) is 9.10. The van der Waals surface area contributed by atoms with Crippen molar-refractivity contribution in [1.82, 2.24) is 14.9 Å². The van der Waals surface area contributed by atoms with E-state index in [1.807, 2.05) is 91.3 Å². The van der Waals surface area contributed by atoms with Gasteiger partial charge in [0.05, 0.1) is 11.4 Å². The van der Waals surface area contributed by atoms with Crippen molar-refractivity contribution in [1.29, 1.82) is 0 Å². The average molecular weight is 580 g/mol. The molecule has 0 saturated heterocycles. The minimum absolute atomic E-state index is 0.557. The highest BCUT2D eigenvalue weighted by molar-refractivity contribution is 7.85. The molecule has 0 amide bonds. The molecule has 7 heteroatoms. The maximum absolute atomic E-state index is 15.3. The number of allylic oxidation sites excluding steroid dienone is 1. The Bertz CT molecular complexity index is 1940. The predicted octanol–water partition coefficient (Wildman–Crippen LogP) is 6.07. The molecule has 210 valence electrons. The first-order chi connectivity index (χ1) is 21.1. The molecule has 0 unspecified atom stereocenters. The van der Waals surface area contributed by atoms with Gasteiger partial charge in [-0.25, -0.2) is 4.98 Å². The number of aromatic nitrogens is 2. The van der Waals surface area contributed by atoms with Gasteiger partial charge in [-0.1, -0.05) is 78.9 Å². The number of pyridine rings is 2. The van der Waals surface area contributed by atoms with Gasteiger partial charge in [-0.2, -0.15) is 0 Å². The number of rotatable bonds is 4. The molecule has 0 atom stereocenters. The van der Waals surface area contributed by atoms with Crippen molar-refractivity contribution in [3.05, 3.63) is 139 Å². The Morgan fingerprint density at radius 2 is 1.60 bits per heavy atom. The Morgan fingerprint density at radius 1 is 0.837 bits per heavy atom. The van der Waals surface area contributed by atoms with Crippen molar-refractivity contribution in [3.8, 4) is 11.1 Å². The molecule has 6 nitrogen and oxygen atoms in total. The van der Waals surface area contributed by atoms with Crippen LogP contribution >= 0.6 is 7.14 Å². The second-order valence-corrected chi connectivity index (χ2v) is 13.9. The summed E-state index contributed by atoms with van der Waals surface area (Å²) in [5.74, 6) is 0.719. The Kier molecular flexibility index (Phi) is 6.06. The number of nitrogens with zero attached hydrogens (tertiary/aromatic N) is 4. The van der Waals surface area contributed by atoms with Crippen LogP contribution in [-0.4, -0.2) is 35.0 Å². The quantitative estimate of drug-likeness (QED) is 0.261. The molecule has 3 aliphatic heterocycles. The summed E-state index contributed by atoms with van der Waals surface area (Å²) in [7, 11) is -1.16. The predicted molar refractivity (Wildman–Crippen MR) is 176 cm³/mol. The Balaban J connectivity index is 1.39.